The molecule has 0 aliphatic heterocycles. The van der Waals surface area contributed by atoms with Crippen LogP contribution in [-0.4, -0.2) is 34.3 Å². The summed E-state index contributed by atoms with van der Waals surface area (Å²) in [5.74, 6) is 0.125. The van der Waals surface area contributed by atoms with Gasteiger partial charge in [0, 0.05) is 13.6 Å². The summed E-state index contributed by atoms with van der Waals surface area (Å²) in [7, 11) is 1.62. The second kappa shape index (κ2) is 6.12. The third kappa shape index (κ3) is 3.90. The fraction of sp³-hybridized carbons (Fsp3) is 0.500. The van der Waals surface area contributed by atoms with Crippen molar-refractivity contribution in [2.75, 3.05) is 19.3 Å². The van der Waals surface area contributed by atoms with E-state index < -0.39 is 10.8 Å². The van der Waals surface area contributed by atoms with E-state index in [1.807, 2.05) is 13.8 Å². The molecule has 0 unspecified atom stereocenters. The molecule has 1 aromatic heterocycles. The number of nitrogens with two attached hydrogens (primary N) is 1. The zero-order valence-electron chi connectivity index (χ0n) is 11.3. The molecule has 0 saturated carbocycles. The van der Waals surface area contributed by atoms with Gasteiger partial charge < -0.3 is 10.6 Å². The van der Waals surface area contributed by atoms with Crippen LogP contribution in [0.25, 0.3) is 0 Å². The van der Waals surface area contributed by atoms with Crippen LogP contribution in [-0.2, 0) is 0 Å². The zero-order valence-corrected chi connectivity index (χ0v) is 11.3. The Labute approximate surface area is 111 Å². The third-order valence-electron chi connectivity index (χ3n) is 2.72. The highest BCUT2D eigenvalue weighted by Gasteiger charge is 2.23. The summed E-state index contributed by atoms with van der Waals surface area (Å²) in [4.78, 5) is 27.5. The average molecular weight is 266 g/mol. The van der Waals surface area contributed by atoms with Crippen molar-refractivity contribution in [1.29, 1.82) is 0 Å². The first-order valence-corrected chi connectivity index (χ1v) is 5.98. The van der Waals surface area contributed by atoms with E-state index in [2.05, 4.69) is 4.98 Å². The van der Waals surface area contributed by atoms with E-state index in [0.29, 0.717) is 12.5 Å². The Bertz CT molecular complexity index is 488. The quantitative estimate of drug-likeness (QED) is 0.645. The fourth-order valence-corrected chi connectivity index (χ4v) is 1.54. The molecule has 2 N–H and O–H groups in total. The van der Waals surface area contributed by atoms with E-state index in [9.17, 15) is 14.9 Å². The number of pyridine rings is 1. The molecule has 1 amide bonds. The second-order valence-corrected chi connectivity index (χ2v) is 4.79. The van der Waals surface area contributed by atoms with Crippen LogP contribution in [0.15, 0.2) is 12.3 Å². The van der Waals surface area contributed by atoms with Gasteiger partial charge in [0.2, 0.25) is 0 Å². The highest BCUT2D eigenvalue weighted by atomic mass is 16.6. The van der Waals surface area contributed by atoms with Gasteiger partial charge in [0.25, 0.3) is 11.6 Å². The number of nitrogen functional groups attached to an aromatic ring is 1. The Morgan fingerprint density at radius 3 is 2.74 bits per heavy atom. The molecule has 0 spiro atoms. The fourth-order valence-electron chi connectivity index (χ4n) is 1.54. The summed E-state index contributed by atoms with van der Waals surface area (Å²) in [6.07, 6.45) is 1.84. The Morgan fingerprint density at radius 2 is 2.21 bits per heavy atom. The standard InChI is InChI=1S/C12H18N4O3/c1-8(2)4-5-15(3)12(17)9-6-11(13)14-7-10(9)16(18)19/h6-8H,4-5H2,1-3H3,(H2,13,14). The SMILES string of the molecule is CC(C)CCN(C)C(=O)c1cc(N)ncc1[N+](=O)[O-]. The van der Waals surface area contributed by atoms with Crippen molar-refractivity contribution in [3.05, 3.63) is 27.9 Å². The lowest BCUT2D eigenvalue weighted by molar-refractivity contribution is -0.385. The van der Waals surface area contributed by atoms with Crippen LogP contribution in [0, 0.1) is 16.0 Å². The van der Waals surface area contributed by atoms with Crippen molar-refractivity contribution >= 4 is 17.4 Å². The minimum atomic E-state index is -0.629. The van der Waals surface area contributed by atoms with Crippen LogP contribution in [0.3, 0.4) is 0 Å². The lowest BCUT2D eigenvalue weighted by Gasteiger charge is -2.18. The van der Waals surface area contributed by atoms with Gasteiger partial charge in [-0.2, -0.15) is 0 Å². The number of amides is 1. The van der Waals surface area contributed by atoms with Crippen molar-refractivity contribution in [3.63, 3.8) is 0 Å². The monoisotopic (exact) mass is 266 g/mol. The second-order valence-electron chi connectivity index (χ2n) is 4.79. The number of hydrogen-bond donors (Lipinski definition) is 1. The third-order valence-corrected chi connectivity index (χ3v) is 2.72. The van der Waals surface area contributed by atoms with E-state index in [0.717, 1.165) is 12.6 Å². The Kier molecular flexibility index (Phi) is 4.80. The van der Waals surface area contributed by atoms with Gasteiger partial charge in [-0.25, -0.2) is 4.98 Å². The van der Waals surface area contributed by atoms with Crippen LogP contribution < -0.4 is 5.73 Å². The maximum atomic E-state index is 12.2. The molecule has 0 fully saturated rings. The Balaban J connectivity index is 2.98. The zero-order chi connectivity index (χ0) is 14.6. The summed E-state index contributed by atoms with van der Waals surface area (Å²) in [5.41, 5.74) is 5.14. The van der Waals surface area contributed by atoms with Crippen molar-refractivity contribution in [2.24, 2.45) is 5.92 Å². The van der Waals surface area contributed by atoms with E-state index in [-0.39, 0.29) is 17.1 Å². The number of aromatic nitrogens is 1. The predicted octanol–water partition coefficient (Wildman–Crippen LogP) is 1.69. The van der Waals surface area contributed by atoms with Crippen molar-refractivity contribution < 1.29 is 9.72 Å². The predicted molar refractivity (Wildman–Crippen MR) is 71.7 cm³/mol. The van der Waals surface area contributed by atoms with E-state index >= 15 is 0 Å². The van der Waals surface area contributed by atoms with Gasteiger partial charge in [-0.05, 0) is 18.4 Å². The van der Waals surface area contributed by atoms with Crippen molar-refractivity contribution in [2.45, 2.75) is 20.3 Å². The summed E-state index contributed by atoms with van der Waals surface area (Å²) in [6, 6.07) is 1.24. The molecule has 0 bridgehead atoms. The van der Waals surface area contributed by atoms with Gasteiger partial charge in [0.15, 0.2) is 0 Å². The number of nitrogens with zero attached hydrogens (tertiary/aromatic N) is 3. The minimum Gasteiger partial charge on any atom is -0.384 e. The maximum Gasteiger partial charge on any atom is 0.300 e. The first-order valence-electron chi connectivity index (χ1n) is 5.98. The number of rotatable bonds is 5. The van der Waals surface area contributed by atoms with Crippen molar-refractivity contribution in [1.82, 2.24) is 9.88 Å². The number of hydrogen-bond acceptors (Lipinski definition) is 5. The smallest absolute Gasteiger partial charge is 0.300 e. The summed E-state index contributed by atoms with van der Waals surface area (Å²) in [5, 5.41) is 10.9. The maximum absolute atomic E-state index is 12.2. The Morgan fingerprint density at radius 1 is 1.58 bits per heavy atom. The van der Waals surface area contributed by atoms with Crippen LogP contribution in [0.5, 0.6) is 0 Å². The first kappa shape index (κ1) is 14.9. The minimum absolute atomic E-state index is 0.0243. The molecule has 104 valence electrons. The Hall–Kier alpha value is -2.18. The molecule has 0 saturated heterocycles. The molecule has 1 rings (SSSR count). The van der Waals surface area contributed by atoms with Gasteiger partial charge in [-0.15, -0.1) is 0 Å². The molecule has 0 aromatic carbocycles. The normalized spacial score (nSPS) is 10.5. The molecule has 0 atom stereocenters. The average Bonchev–Trinajstić information content (AvgIpc) is 2.34. The molecule has 1 aromatic rings. The molecule has 0 aliphatic carbocycles. The lowest BCUT2D eigenvalue weighted by atomic mass is 10.1. The molecule has 7 nitrogen and oxygen atoms in total. The summed E-state index contributed by atoms with van der Waals surface area (Å²) in [6.45, 7) is 4.63. The van der Waals surface area contributed by atoms with Gasteiger partial charge in [0.1, 0.15) is 17.6 Å². The summed E-state index contributed by atoms with van der Waals surface area (Å²) < 4.78 is 0. The number of carbonyl (C=O) groups is 1. The van der Waals surface area contributed by atoms with Gasteiger partial charge in [-0.1, -0.05) is 13.8 Å². The molecular weight excluding hydrogens is 248 g/mol. The van der Waals surface area contributed by atoms with Gasteiger partial charge in [-0.3, -0.25) is 14.9 Å². The van der Waals surface area contributed by atoms with Crippen LogP contribution in [0.4, 0.5) is 11.5 Å². The topological polar surface area (TPSA) is 102 Å². The first-order chi connectivity index (χ1) is 8.82. The van der Waals surface area contributed by atoms with Crippen molar-refractivity contribution in [3.8, 4) is 0 Å². The van der Waals surface area contributed by atoms with Crippen LogP contribution in [0.2, 0.25) is 0 Å². The van der Waals surface area contributed by atoms with Gasteiger partial charge >= 0.3 is 0 Å². The molecule has 0 aliphatic rings. The highest BCUT2D eigenvalue weighted by Crippen LogP contribution is 2.20. The van der Waals surface area contributed by atoms with Crippen LogP contribution in [0.1, 0.15) is 30.6 Å². The van der Waals surface area contributed by atoms with Crippen LogP contribution >= 0.6 is 0 Å². The van der Waals surface area contributed by atoms with Gasteiger partial charge in [0.05, 0.1) is 4.92 Å². The number of nitro groups is 1. The molecular formula is C12H18N4O3. The van der Waals surface area contributed by atoms with E-state index in [1.54, 1.807) is 7.05 Å². The van der Waals surface area contributed by atoms with E-state index in [1.165, 1.54) is 11.0 Å². The summed E-state index contributed by atoms with van der Waals surface area (Å²) >= 11 is 0. The highest BCUT2D eigenvalue weighted by molar-refractivity contribution is 5.98. The largest absolute Gasteiger partial charge is 0.384 e. The lowest BCUT2D eigenvalue weighted by Crippen LogP contribution is -2.29. The number of carbonyl (C=O) groups excluding carboxylic acids is 1. The molecule has 0 radical (unpaired) electrons. The van der Waals surface area contributed by atoms with E-state index in [4.69, 9.17) is 5.73 Å². The number of anilines is 1. The molecule has 7 heteroatoms. The molecule has 19 heavy (non-hydrogen) atoms. The molecule has 1 heterocycles.